The van der Waals surface area contributed by atoms with Crippen LogP contribution in [0.5, 0.6) is 0 Å². The van der Waals surface area contributed by atoms with Gasteiger partial charge in [-0.1, -0.05) is 34.8 Å². The van der Waals surface area contributed by atoms with E-state index in [0.717, 1.165) is 0 Å². The van der Waals surface area contributed by atoms with Gasteiger partial charge in [-0.15, -0.1) is 0 Å². The second-order valence-electron chi connectivity index (χ2n) is 0.680. The molecule has 0 aromatic heterocycles. The minimum Gasteiger partial charge on any atom is -0.769 e. The van der Waals surface area contributed by atoms with Gasteiger partial charge in [-0.3, -0.25) is 4.21 Å². The Kier molecular flexibility index (Phi) is 2.86. The maximum Gasteiger partial charge on any atom is 0.253 e. The Labute approximate surface area is 58.0 Å². The average molecular weight is 182 g/mol. The van der Waals surface area contributed by atoms with Gasteiger partial charge in [-0.25, -0.2) is 0 Å². The van der Waals surface area contributed by atoms with E-state index in [4.69, 9.17) is 34.8 Å². The van der Waals surface area contributed by atoms with E-state index in [1.54, 1.807) is 0 Å². The van der Waals surface area contributed by atoms with Crippen LogP contribution in [0.2, 0.25) is 0 Å². The van der Waals surface area contributed by atoms with E-state index >= 15 is 0 Å². The van der Waals surface area contributed by atoms with Gasteiger partial charge in [0.1, 0.15) is 0 Å². The van der Waals surface area contributed by atoms with Gasteiger partial charge in [0.25, 0.3) is 3.12 Å². The molecule has 0 saturated heterocycles. The van der Waals surface area contributed by atoms with Crippen molar-refractivity contribution in [2.24, 2.45) is 0 Å². The first-order valence-corrected chi connectivity index (χ1v) is 3.31. The molecule has 0 bridgehead atoms. The van der Waals surface area contributed by atoms with Crippen LogP contribution in [0.25, 0.3) is 0 Å². The van der Waals surface area contributed by atoms with Crippen molar-refractivity contribution in [3.05, 3.63) is 0 Å². The Balaban J connectivity index is 3.79. The van der Waals surface area contributed by atoms with Crippen molar-refractivity contribution in [2.45, 2.75) is 3.12 Å². The van der Waals surface area contributed by atoms with E-state index in [1.165, 1.54) is 0 Å². The highest BCUT2D eigenvalue weighted by atomic mass is 35.6. The largest absolute Gasteiger partial charge is 0.769 e. The quantitative estimate of drug-likeness (QED) is 0.417. The molecule has 0 N–H and O–H groups in total. The summed E-state index contributed by atoms with van der Waals surface area (Å²) < 4.78 is 17.1. The molecule has 7 heavy (non-hydrogen) atoms. The van der Waals surface area contributed by atoms with E-state index in [0.29, 0.717) is 0 Å². The Hall–Kier alpha value is 0.980. The van der Waals surface area contributed by atoms with Gasteiger partial charge >= 0.3 is 0 Å². The predicted molar refractivity (Wildman–Crippen MR) is 29.2 cm³/mol. The monoisotopic (exact) mass is 181 g/mol. The number of halogens is 3. The topological polar surface area (TPSA) is 40.1 Å². The van der Waals surface area contributed by atoms with Crippen LogP contribution >= 0.6 is 34.8 Å². The number of alkyl halides is 3. The molecule has 0 amide bonds. The van der Waals surface area contributed by atoms with E-state index in [1.807, 2.05) is 0 Å². The first kappa shape index (κ1) is 7.98. The molecule has 44 valence electrons. The van der Waals surface area contributed by atoms with Crippen LogP contribution in [0.1, 0.15) is 0 Å². The Morgan fingerprint density at radius 3 is 1.57 bits per heavy atom. The standard InChI is InChI=1S/CHCl3O2S/c2-1(3,4)7(5)6/h(H,5,6)/p-1. The molecule has 2 nitrogen and oxygen atoms in total. The zero-order chi connectivity index (χ0) is 6.08. The summed E-state index contributed by atoms with van der Waals surface area (Å²) in [4.78, 5) is 0. The minimum atomic E-state index is -2.64. The molecule has 0 rings (SSSR count). The molecule has 1 atom stereocenters. The fourth-order valence-electron chi connectivity index (χ4n) is 0. The molecule has 0 aromatic carbocycles. The summed E-state index contributed by atoms with van der Waals surface area (Å²) in [6, 6.07) is 0. The average Bonchev–Trinajstić information content (AvgIpc) is 1.31. The first-order valence-electron chi connectivity index (χ1n) is 1.10. The summed E-state index contributed by atoms with van der Waals surface area (Å²) in [5.41, 5.74) is 0. The fraction of sp³-hybridized carbons (Fsp3) is 1.00. The van der Waals surface area contributed by atoms with Gasteiger partial charge < -0.3 is 4.55 Å². The lowest BCUT2D eigenvalue weighted by molar-refractivity contribution is 0.537. The summed E-state index contributed by atoms with van der Waals surface area (Å²) in [5.74, 6) is 0. The maximum atomic E-state index is 9.62. The van der Waals surface area contributed by atoms with Crippen LogP contribution in [0, 0.1) is 0 Å². The molecule has 0 radical (unpaired) electrons. The molecule has 0 fully saturated rings. The summed E-state index contributed by atoms with van der Waals surface area (Å²) in [5, 5.41) is 0. The highest BCUT2D eigenvalue weighted by Crippen LogP contribution is 2.28. The maximum absolute atomic E-state index is 9.62. The molecule has 0 saturated carbocycles. The van der Waals surface area contributed by atoms with Crippen molar-refractivity contribution in [3.8, 4) is 0 Å². The number of rotatable bonds is 0. The zero-order valence-electron chi connectivity index (χ0n) is 2.86. The molecule has 6 heteroatoms. The number of hydrogen-bond donors (Lipinski definition) is 0. The third kappa shape index (κ3) is 3.55. The Bertz CT molecular complexity index is 85.4. The van der Waals surface area contributed by atoms with Gasteiger partial charge in [-0.2, -0.15) is 0 Å². The van der Waals surface area contributed by atoms with Gasteiger partial charge in [-0.05, 0) is 11.1 Å². The summed E-state index contributed by atoms with van der Waals surface area (Å²) in [6.07, 6.45) is 0. The first-order chi connectivity index (χ1) is 2.94. The highest BCUT2D eigenvalue weighted by molar-refractivity contribution is 7.85. The predicted octanol–water partition coefficient (Wildman–Crippen LogP) is 1.19. The summed E-state index contributed by atoms with van der Waals surface area (Å²) >= 11 is 11.7. The van der Waals surface area contributed by atoms with Crippen LogP contribution in [0.3, 0.4) is 0 Å². The van der Waals surface area contributed by atoms with Crippen LogP contribution in [0.4, 0.5) is 0 Å². The van der Waals surface area contributed by atoms with Crippen LogP contribution < -0.4 is 0 Å². The smallest absolute Gasteiger partial charge is 0.253 e. The van der Waals surface area contributed by atoms with Gasteiger partial charge in [0, 0.05) is 0 Å². The lowest BCUT2D eigenvalue weighted by Crippen LogP contribution is -2.09. The second-order valence-corrected chi connectivity index (χ2v) is 4.72. The molecule has 0 heterocycles. The van der Waals surface area contributed by atoms with Crippen molar-refractivity contribution < 1.29 is 8.76 Å². The van der Waals surface area contributed by atoms with E-state index < -0.39 is 14.2 Å². The van der Waals surface area contributed by atoms with Crippen molar-refractivity contribution in [1.82, 2.24) is 0 Å². The van der Waals surface area contributed by atoms with E-state index in [-0.39, 0.29) is 0 Å². The zero-order valence-corrected chi connectivity index (χ0v) is 5.94. The molecular weight excluding hydrogens is 182 g/mol. The van der Waals surface area contributed by atoms with Crippen molar-refractivity contribution in [1.29, 1.82) is 0 Å². The molecule has 0 spiro atoms. The van der Waals surface area contributed by atoms with E-state index in [9.17, 15) is 8.76 Å². The second kappa shape index (κ2) is 2.51. The van der Waals surface area contributed by atoms with Crippen molar-refractivity contribution in [3.63, 3.8) is 0 Å². The van der Waals surface area contributed by atoms with Crippen LogP contribution in [0.15, 0.2) is 0 Å². The SMILES string of the molecule is O=S([O-])C(Cl)(Cl)Cl. The van der Waals surface area contributed by atoms with Gasteiger partial charge in [0.05, 0.1) is 0 Å². The van der Waals surface area contributed by atoms with Crippen LogP contribution in [-0.4, -0.2) is 11.9 Å². The fourth-order valence-corrected chi connectivity index (χ4v) is 0. The number of hydrogen-bond acceptors (Lipinski definition) is 2. The Morgan fingerprint density at radius 1 is 1.43 bits per heavy atom. The molecule has 1 unspecified atom stereocenters. The molecule has 0 aliphatic carbocycles. The highest BCUT2D eigenvalue weighted by Gasteiger charge is 2.19. The summed E-state index contributed by atoms with van der Waals surface area (Å²) in [7, 11) is 0. The minimum absolute atomic E-state index is 2.17. The van der Waals surface area contributed by atoms with E-state index in [2.05, 4.69) is 0 Å². The van der Waals surface area contributed by atoms with Crippen molar-refractivity contribution in [2.75, 3.05) is 0 Å². The van der Waals surface area contributed by atoms with Crippen LogP contribution in [-0.2, 0) is 11.1 Å². The molecule has 0 aliphatic heterocycles. The van der Waals surface area contributed by atoms with Gasteiger partial charge in [0.2, 0.25) is 0 Å². The van der Waals surface area contributed by atoms with Gasteiger partial charge in [0.15, 0.2) is 0 Å². The lowest BCUT2D eigenvalue weighted by atomic mass is 11.8. The molecule has 0 aromatic rings. The normalized spacial score (nSPS) is 16.6. The third-order valence-electron chi connectivity index (χ3n) is 0.189. The van der Waals surface area contributed by atoms with Crippen molar-refractivity contribution >= 4 is 45.9 Å². The lowest BCUT2D eigenvalue weighted by Gasteiger charge is -2.12. The molecule has 0 aliphatic rings. The summed E-state index contributed by atoms with van der Waals surface area (Å²) in [6.45, 7) is 0. The molecular formula is CCl3O2S-. The third-order valence-corrected chi connectivity index (χ3v) is 1.70. The Morgan fingerprint density at radius 2 is 1.57 bits per heavy atom.